The Morgan fingerprint density at radius 1 is 1.18 bits per heavy atom. The lowest BCUT2D eigenvalue weighted by atomic mass is 9.76. The van der Waals surface area contributed by atoms with Crippen LogP contribution in [-0.4, -0.2) is 5.11 Å². The van der Waals surface area contributed by atoms with E-state index in [-0.39, 0.29) is 16.4 Å². The van der Waals surface area contributed by atoms with Gasteiger partial charge in [-0.05, 0) is 24.6 Å². The van der Waals surface area contributed by atoms with Gasteiger partial charge in [-0.1, -0.05) is 26.0 Å². The predicted molar refractivity (Wildman–Crippen MR) is 84.7 cm³/mol. The number of fused-ring (bicyclic) bond motifs is 2. The largest absolute Gasteiger partial charge is 0.507 e. The van der Waals surface area contributed by atoms with E-state index < -0.39 is 11.0 Å². The van der Waals surface area contributed by atoms with Crippen LogP contribution in [0.15, 0.2) is 38.3 Å². The monoisotopic (exact) mass is 294 g/mol. The Labute approximate surface area is 125 Å². The van der Waals surface area contributed by atoms with Gasteiger partial charge in [0.15, 0.2) is 5.43 Å². The normalized spacial score (nSPS) is 16.6. The number of hydrogen-bond donors (Lipinski definition) is 1. The van der Waals surface area contributed by atoms with Crippen LogP contribution in [0.2, 0.25) is 0 Å². The van der Waals surface area contributed by atoms with Crippen molar-refractivity contribution in [2.45, 2.75) is 26.2 Å². The van der Waals surface area contributed by atoms with Crippen LogP contribution >= 0.6 is 0 Å². The van der Waals surface area contributed by atoms with Gasteiger partial charge in [-0.15, -0.1) is 0 Å². The van der Waals surface area contributed by atoms with E-state index >= 15 is 0 Å². The van der Waals surface area contributed by atoms with Crippen LogP contribution < -0.4 is 16.3 Å². The summed E-state index contributed by atoms with van der Waals surface area (Å²) < 4.78 is 5.48. The number of aliphatic hydroxyl groups is 1. The van der Waals surface area contributed by atoms with Crippen LogP contribution in [0.5, 0.6) is 0 Å². The molecule has 1 aromatic rings. The van der Waals surface area contributed by atoms with Gasteiger partial charge < -0.3 is 9.52 Å². The van der Waals surface area contributed by atoms with E-state index in [1.165, 1.54) is 6.08 Å². The molecule has 0 spiro atoms. The van der Waals surface area contributed by atoms with E-state index in [9.17, 15) is 14.7 Å². The molecule has 0 unspecified atom stereocenters. The van der Waals surface area contributed by atoms with Crippen molar-refractivity contribution < 1.29 is 9.52 Å². The van der Waals surface area contributed by atoms with Crippen molar-refractivity contribution in [2.75, 3.05) is 0 Å². The zero-order valence-electron chi connectivity index (χ0n) is 12.5. The first-order valence-corrected chi connectivity index (χ1v) is 7.11. The molecule has 0 saturated carbocycles. The summed E-state index contributed by atoms with van der Waals surface area (Å²) in [5, 5.41) is 11.3. The molecule has 1 N–H and O–H groups in total. The first-order valence-electron chi connectivity index (χ1n) is 7.11. The minimum absolute atomic E-state index is 0.0785. The maximum absolute atomic E-state index is 12.9. The van der Waals surface area contributed by atoms with Crippen LogP contribution in [0.25, 0.3) is 27.9 Å². The third-order valence-electron chi connectivity index (χ3n) is 4.54. The molecule has 3 aliphatic rings. The van der Waals surface area contributed by atoms with Crippen molar-refractivity contribution in [3.63, 3.8) is 0 Å². The molecular weight excluding hydrogens is 280 g/mol. The van der Waals surface area contributed by atoms with Gasteiger partial charge in [-0.3, -0.25) is 4.79 Å². The molecule has 1 aliphatic heterocycles. The molecule has 1 aromatic carbocycles. The van der Waals surface area contributed by atoms with E-state index in [2.05, 4.69) is 0 Å². The summed E-state index contributed by atoms with van der Waals surface area (Å²) in [5.74, 6) is 0.333. The number of hydrogen-bond acceptors (Lipinski definition) is 4. The molecule has 0 fully saturated rings. The van der Waals surface area contributed by atoms with Crippen molar-refractivity contribution in [1.29, 1.82) is 0 Å². The smallest absolute Gasteiger partial charge is 0.344 e. The second-order valence-electron chi connectivity index (χ2n) is 6.42. The lowest BCUT2D eigenvalue weighted by Gasteiger charge is -2.26. The van der Waals surface area contributed by atoms with Crippen molar-refractivity contribution in [2.24, 2.45) is 0 Å². The summed E-state index contributed by atoms with van der Waals surface area (Å²) in [6.45, 7) is 5.68. The Bertz CT molecular complexity index is 1100. The van der Waals surface area contributed by atoms with Gasteiger partial charge >= 0.3 is 5.63 Å². The molecule has 4 rings (SSSR count). The van der Waals surface area contributed by atoms with E-state index in [0.717, 1.165) is 5.56 Å². The van der Waals surface area contributed by atoms with E-state index in [4.69, 9.17) is 4.42 Å². The Kier molecular flexibility index (Phi) is 2.24. The summed E-state index contributed by atoms with van der Waals surface area (Å²) in [5.41, 5.74) is 0.730. The molecule has 0 bridgehead atoms. The molecule has 2 aliphatic carbocycles. The molecule has 0 amide bonds. The van der Waals surface area contributed by atoms with Gasteiger partial charge in [0.05, 0.1) is 10.6 Å². The van der Waals surface area contributed by atoms with Crippen LogP contribution in [0, 0.1) is 6.92 Å². The minimum Gasteiger partial charge on any atom is -0.507 e. The average molecular weight is 294 g/mol. The molecule has 4 nitrogen and oxygen atoms in total. The van der Waals surface area contributed by atoms with Gasteiger partial charge in [0, 0.05) is 21.9 Å². The van der Waals surface area contributed by atoms with Crippen LogP contribution in [0.4, 0.5) is 0 Å². The van der Waals surface area contributed by atoms with Crippen LogP contribution in [-0.2, 0) is 5.41 Å². The zero-order chi connectivity index (χ0) is 15.8. The lowest BCUT2D eigenvalue weighted by Crippen LogP contribution is -2.39. The van der Waals surface area contributed by atoms with Crippen molar-refractivity contribution in [1.82, 2.24) is 0 Å². The highest BCUT2D eigenvalue weighted by Crippen LogP contribution is 2.39. The SMILES string of the molecule is Cc1ccc2c3c1c(=O)c1c(c-3oc2=O)C(C)(C)C=CC=1O. The van der Waals surface area contributed by atoms with Gasteiger partial charge in [0.1, 0.15) is 11.5 Å². The maximum Gasteiger partial charge on any atom is 0.344 e. The quantitative estimate of drug-likeness (QED) is 0.690. The lowest BCUT2D eigenvalue weighted by molar-refractivity contribution is 0.494. The Morgan fingerprint density at radius 2 is 1.91 bits per heavy atom. The van der Waals surface area contributed by atoms with Gasteiger partial charge in [0.25, 0.3) is 0 Å². The molecule has 0 aromatic heterocycles. The summed E-state index contributed by atoms with van der Waals surface area (Å²) in [7, 11) is 0. The molecule has 4 heteroatoms. The Balaban J connectivity index is 2.47. The van der Waals surface area contributed by atoms with Crippen molar-refractivity contribution in [3.05, 3.63) is 61.3 Å². The molecule has 0 radical (unpaired) electrons. The fourth-order valence-electron chi connectivity index (χ4n) is 3.45. The molecule has 0 saturated heterocycles. The van der Waals surface area contributed by atoms with E-state index in [1.54, 1.807) is 12.1 Å². The topological polar surface area (TPSA) is 67.5 Å². The fraction of sp³-hybridized carbons (Fsp3) is 0.222. The number of furan rings is 1. The fourth-order valence-corrected chi connectivity index (χ4v) is 3.45. The third kappa shape index (κ3) is 1.37. The molecular formula is C18H14O4. The van der Waals surface area contributed by atoms with E-state index in [1.807, 2.05) is 26.8 Å². The Hall–Kier alpha value is -2.62. The summed E-state index contributed by atoms with van der Waals surface area (Å²) >= 11 is 0. The number of aryl methyl sites for hydroxylation is 1. The third-order valence-corrected chi connectivity index (χ3v) is 4.54. The molecule has 0 atom stereocenters. The van der Waals surface area contributed by atoms with Gasteiger partial charge in [0.2, 0.25) is 0 Å². The summed E-state index contributed by atoms with van der Waals surface area (Å²) in [4.78, 5) is 25.1. The minimum atomic E-state index is -0.504. The average Bonchev–Trinajstić information content (AvgIpc) is 2.77. The van der Waals surface area contributed by atoms with Crippen molar-refractivity contribution in [3.8, 4) is 11.3 Å². The second kappa shape index (κ2) is 3.77. The number of aliphatic hydroxyl groups excluding tert-OH is 1. The van der Waals surface area contributed by atoms with Gasteiger partial charge in [-0.25, -0.2) is 4.79 Å². The van der Waals surface area contributed by atoms with Crippen LogP contribution in [0.1, 0.15) is 25.0 Å². The first-order chi connectivity index (χ1) is 10.3. The first kappa shape index (κ1) is 13.1. The highest BCUT2D eigenvalue weighted by Gasteiger charge is 2.35. The predicted octanol–water partition coefficient (Wildman–Crippen LogP) is 2.24. The number of benzene rings is 2. The standard InChI is InChI=1S/C18H14O4/c1-8-4-5-9-12-11(8)15(20)13-10(19)6-7-18(2,3)14(13)16(12)22-17(9)21/h4-7,19H,1-3H3. The maximum atomic E-state index is 12.9. The summed E-state index contributed by atoms with van der Waals surface area (Å²) in [6, 6.07) is 3.43. The van der Waals surface area contributed by atoms with Gasteiger partial charge in [-0.2, -0.15) is 0 Å². The van der Waals surface area contributed by atoms with E-state index in [0.29, 0.717) is 27.7 Å². The molecule has 1 heterocycles. The highest BCUT2D eigenvalue weighted by molar-refractivity contribution is 5.99. The zero-order valence-corrected chi connectivity index (χ0v) is 12.5. The highest BCUT2D eigenvalue weighted by atomic mass is 16.4. The number of allylic oxidation sites excluding steroid dienone is 1. The van der Waals surface area contributed by atoms with Crippen LogP contribution in [0.3, 0.4) is 0 Å². The Morgan fingerprint density at radius 3 is 2.64 bits per heavy atom. The number of rotatable bonds is 0. The molecule has 110 valence electrons. The summed E-state index contributed by atoms with van der Waals surface area (Å²) in [6.07, 6.45) is 3.35. The van der Waals surface area contributed by atoms with Crippen molar-refractivity contribution >= 4 is 16.5 Å². The molecule has 22 heavy (non-hydrogen) atoms. The second-order valence-corrected chi connectivity index (χ2v) is 6.42.